The van der Waals surface area contributed by atoms with Gasteiger partial charge in [0.15, 0.2) is 0 Å². The number of rotatable bonds is 25. The van der Waals surface area contributed by atoms with Crippen molar-refractivity contribution in [3.63, 3.8) is 0 Å². The average molecular weight is 623 g/mol. The minimum Gasteiger partial charge on any atom is -0.455 e. The third-order valence-electron chi connectivity index (χ3n) is 10.0. The number of hydrogen-bond donors (Lipinski definition) is 3. The van der Waals surface area contributed by atoms with Gasteiger partial charge in [0.2, 0.25) is 0 Å². The predicted molar refractivity (Wildman–Crippen MR) is 175 cm³/mol. The number of aliphatic hydroxyl groups excluding tert-OH is 3. The van der Waals surface area contributed by atoms with Crippen molar-refractivity contribution in [1.82, 2.24) is 0 Å². The van der Waals surface area contributed by atoms with Gasteiger partial charge in [0.25, 0.3) is 0 Å². The second kappa shape index (κ2) is 21.7. The molecule has 0 aliphatic carbocycles. The van der Waals surface area contributed by atoms with Gasteiger partial charge in [-0.25, -0.2) is 4.79 Å². The summed E-state index contributed by atoms with van der Waals surface area (Å²) in [6, 6.07) is 0. The molecule has 256 valence electrons. The summed E-state index contributed by atoms with van der Waals surface area (Å²) < 4.78 is 17.7. The Hall–Kier alpha value is -0.990. The zero-order valence-electron chi connectivity index (χ0n) is 28.1. The molecule has 8 atom stereocenters. The van der Waals surface area contributed by atoms with Crippen LogP contribution in [-0.2, 0) is 19.0 Å². The molecule has 3 N–H and O–H groups in total. The van der Waals surface area contributed by atoms with Crippen LogP contribution in [0.2, 0.25) is 0 Å². The van der Waals surface area contributed by atoms with Crippen molar-refractivity contribution >= 4 is 5.97 Å². The Bertz CT molecular complexity index is 801. The minimum absolute atomic E-state index is 0.0403. The lowest BCUT2D eigenvalue weighted by Gasteiger charge is -2.24. The molecule has 44 heavy (non-hydrogen) atoms. The van der Waals surface area contributed by atoms with Crippen LogP contribution in [0.3, 0.4) is 0 Å². The highest BCUT2D eigenvalue weighted by Gasteiger charge is 2.40. The van der Waals surface area contributed by atoms with Crippen LogP contribution in [0.1, 0.15) is 168 Å². The molecule has 3 unspecified atom stereocenters. The number of hydrogen-bond acceptors (Lipinski definition) is 7. The van der Waals surface area contributed by atoms with Crippen LogP contribution < -0.4 is 0 Å². The molecule has 0 aromatic rings. The molecule has 3 aliphatic heterocycles. The molecule has 0 bridgehead atoms. The minimum atomic E-state index is -0.482. The van der Waals surface area contributed by atoms with Crippen molar-refractivity contribution in [1.29, 1.82) is 0 Å². The molecule has 0 spiro atoms. The van der Waals surface area contributed by atoms with E-state index in [1.165, 1.54) is 57.8 Å². The fourth-order valence-electron chi connectivity index (χ4n) is 7.28. The summed E-state index contributed by atoms with van der Waals surface area (Å²) in [5, 5.41) is 31.7. The second-order valence-electron chi connectivity index (χ2n) is 14.0. The third-order valence-corrected chi connectivity index (χ3v) is 10.0. The van der Waals surface area contributed by atoms with Crippen LogP contribution in [0, 0.1) is 0 Å². The van der Waals surface area contributed by atoms with Crippen LogP contribution in [0.15, 0.2) is 11.6 Å². The molecule has 7 heteroatoms. The maximum Gasteiger partial charge on any atom is 0.334 e. The summed E-state index contributed by atoms with van der Waals surface area (Å²) in [4.78, 5) is 11.7. The first-order valence-corrected chi connectivity index (χ1v) is 18.6. The molecule has 0 saturated carbocycles. The highest BCUT2D eigenvalue weighted by Crippen LogP contribution is 2.34. The highest BCUT2D eigenvalue weighted by atomic mass is 16.6. The lowest BCUT2D eigenvalue weighted by atomic mass is 10.00. The first-order valence-electron chi connectivity index (χ1n) is 18.6. The van der Waals surface area contributed by atoms with Crippen LogP contribution >= 0.6 is 0 Å². The van der Waals surface area contributed by atoms with Gasteiger partial charge in [0.05, 0.1) is 42.7 Å². The number of cyclic esters (lactones) is 1. The number of unbranched alkanes of at least 4 members (excludes halogenated alkanes) is 14. The predicted octanol–water partition coefficient (Wildman–Crippen LogP) is 7.86. The second-order valence-corrected chi connectivity index (χ2v) is 14.0. The van der Waals surface area contributed by atoms with Crippen molar-refractivity contribution in [3.8, 4) is 0 Å². The van der Waals surface area contributed by atoms with Crippen LogP contribution in [-0.4, -0.2) is 70.1 Å². The Morgan fingerprint density at radius 3 is 1.52 bits per heavy atom. The number of ether oxygens (including phenoxy) is 3. The molecule has 7 nitrogen and oxygen atoms in total. The Morgan fingerprint density at radius 2 is 1.09 bits per heavy atom. The fourth-order valence-corrected chi connectivity index (χ4v) is 7.28. The molecule has 3 aliphatic rings. The summed E-state index contributed by atoms with van der Waals surface area (Å²) in [5.74, 6) is -0.289. The quantitative estimate of drug-likeness (QED) is 0.0703. The summed E-state index contributed by atoms with van der Waals surface area (Å²) in [7, 11) is 0. The maximum atomic E-state index is 11.7. The molecular weight excluding hydrogens is 556 g/mol. The normalized spacial score (nSPS) is 27.4. The average Bonchev–Trinajstić information content (AvgIpc) is 3.75. The van der Waals surface area contributed by atoms with Crippen molar-refractivity contribution in [2.75, 3.05) is 0 Å². The van der Waals surface area contributed by atoms with Gasteiger partial charge in [0.1, 0.15) is 6.10 Å². The molecule has 2 saturated heterocycles. The van der Waals surface area contributed by atoms with Crippen LogP contribution in [0.4, 0.5) is 0 Å². The lowest BCUT2D eigenvalue weighted by Crippen LogP contribution is -2.33. The molecular formula is C37H66O7. The zero-order chi connectivity index (χ0) is 31.6. The molecule has 3 rings (SSSR count). The van der Waals surface area contributed by atoms with Gasteiger partial charge in [-0.1, -0.05) is 110 Å². The molecule has 0 aromatic heterocycles. The Kier molecular flexibility index (Phi) is 18.5. The van der Waals surface area contributed by atoms with Gasteiger partial charge in [-0.3, -0.25) is 0 Å². The van der Waals surface area contributed by atoms with Crippen LogP contribution in [0.5, 0.6) is 0 Å². The van der Waals surface area contributed by atoms with E-state index in [2.05, 4.69) is 6.92 Å². The number of carbonyl (C=O) groups excluding carboxylic acids is 1. The Balaban J connectivity index is 1.14. The number of esters is 1. The molecule has 0 radical (unpaired) electrons. The smallest absolute Gasteiger partial charge is 0.334 e. The van der Waals surface area contributed by atoms with Crippen molar-refractivity contribution in [2.45, 2.75) is 217 Å². The van der Waals surface area contributed by atoms with Gasteiger partial charge >= 0.3 is 5.97 Å². The van der Waals surface area contributed by atoms with Gasteiger partial charge < -0.3 is 29.5 Å². The van der Waals surface area contributed by atoms with E-state index in [1.807, 2.05) is 6.92 Å². The number of carbonyl (C=O) groups is 1. The van der Waals surface area contributed by atoms with E-state index in [1.54, 1.807) is 6.08 Å². The molecule has 3 heterocycles. The standard InChI is InChI=1S/C37H66O7/c1-3-4-5-6-7-8-9-10-14-17-20-31(39)33-22-24-35(43-33)36-25-23-34(44-36)32(40)21-18-15-12-11-13-16-19-30(38)27-29-26-28(2)42-37(29)41/h26,28,30-36,38-40H,3-25,27H2,1-2H3/t28-,30?,31?,32?,33+,34-,35+,36-/m0/s1. The first kappa shape index (κ1) is 37.5. The van der Waals surface area contributed by atoms with Crippen molar-refractivity contribution < 1.29 is 34.3 Å². The largest absolute Gasteiger partial charge is 0.455 e. The van der Waals surface area contributed by atoms with Crippen molar-refractivity contribution in [2.24, 2.45) is 0 Å². The SMILES string of the molecule is CCCCCCCCCCCCC(O)[C@H]1CC[C@H]([C@@H]2CC[C@@H](C(O)CCCCCCCCC(O)CC3=C[C@H](C)OC3=O)O2)O1. The van der Waals surface area contributed by atoms with E-state index >= 15 is 0 Å². The molecule has 2 fully saturated rings. The maximum absolute atomic E-state index is 11.7. The molecule has 0 amide bonds. The van der Waals surface area contributed by atoms with Gasteiger partial charge in [-0.05, 0) is 57.9 Å². The zero-order valence-corrected chi connectivity index (χ0v) is 28.1. The fraction of sp³-hybridized carbons (Fsp3) is 0.919. The Morgan fingerprint density at radius 1 is 0.659 bits per heavy atom. The van der Waals surface area contributed by atoms with E-state index in [9.17, 15) is 20.1 Å². The monoisotopic (exact) mass is 622 g/mol. The van der Waals surface area contributed by atoms with Gasteiger partial charge in [-0.2, -0.15) is 0 Å². The topological polar surface area (TPSA) is 105 Å². The van der Waals surface area contributed by atoms with Gasteiger partial charge in [0, 0.05) is 12.0 Å². The molecule has 0 aromatic carbocycles. The first-order chi connectivity index (χ1) is 21.4. The lowest BCUT2D eigenvalue weighted by molar-refractivity contribution is -0.139. The Labute approximate surface area is 268 Å². The van der Waals surface area contributed by atoms with E-state index in [0.29, 0.717) is 18.4 Å². The van der Waals surface area contributed by atoms with E-state index < -0.39 is 12.2 Å². The summed E-state index contributed by atoms with van der Waals surface area (Å²) in [5.41, 5.74) is 0.606. The summed E-state index contributed by atoms with van der Waals surface area (Å²) in [6.45, 7) is 4.10. The highest BCUT2D eigenvalue weighted by molar-refractivity contribution is 5.90. The van der Waals surface area contributed by atoms with Crippen molar-refractivity contribution in [3.05, 3.63) is 11.6 Å². The third kappa shape index (κ3) is 14.2. The number of aliphatic hydroxyl groups is 3. The summed E-state index contributed by atoms with van der Waals surface area (Å²) >= 11 is 0. The van der Waals surface area contributed by atoms with Gasteiger partial charge in [-0.15, -0.1) is 0 Å². The van der Waals surface area contributed by atoms with E-state index in [4.69, 9.17) is 14.2 Å². The van der Waals surface area contributed by atoms with Crippen LogP contribution in [0.25, 0.3) is 0 Å². The van der Waals surface area contributed by atoms with E-state index in [-0.39, 0.29) is 42.6 Å². The van der Waals surface area contributed by atoms with E-state index in [0.717, 1.165) is 83.5 Å². The summed E-state index contributed by atoms with van der Waals surface area (Å²) in [6.07, 6.45) is 26.1.